The molecule has 0 heterocycles. The Bertz CT molecular complexity index is 1320. The van der Waals surface area contributed by atoms with Crippen molar-refractivity contribution in [3.8, 4) is 0 Å². The van der Waals surface area contributed by atoms with Crippen molar-refractivity contribution in [2.45, 2.75) is 64.4 Å². The van der Waals surface area contributed by atoms with Crippen LogP contribution in [0.1, 0.15) is 49.8 Å². The zero-order valence-corrected chi connectivity index (χ0v) is 24.1. The molecule has 208 valence electrons. The molecule has 1 N–H and O–H groups in total. The van der Waals surface area contributed by atoms with Crippen LogP contribution in [0.5, 0.6) is 0 Å². The van der Waals surface area contributed by atoms with Gasteiger partial charge in [0.25, 0.3) is 10.0 Å². The average Bonchev–Trinajstić information content (AvgIpc) is 2.92. The molecule has 0 aliphatic heterocycles. The quantitative estimate of drug-likeness (QED) is 0.296. The number of sulfonamides is 1. The Labute approximate surface area is 232 Å². The first-order valence-electron chi connectivity index (χ1n) is 13.4. The van der Waals surface area contributed by atoms with Crippen LogP contribution in [0.15, 0.2) is 83.8 Å². The molecule has 0 bridgehead atoms. The van der Waals surface area contributed by atoms with Gasteiger partial charge in [-0.05, 0) is 67.6 Å². The lowest BCUT2D eigenvalue weighted by Gasteiger charge is -2.33. The Morgan fingerprint density at radius 3 is 2.03 bits per heavy atom. The molecule has 7 nitrogen and oxygen atoms in total. The van der Waals surface area contributed by atoms with E-state index in [-0.39, 0.29) is 17.3 Å². The van der Waals surface area contributed by atoms with Crippen molar-refractivity contribution in [2.24, 2.45) is 0 Å². The van der Waals surface area contributed by atoms with Gasteiger partial charge in [0, 0.05) is 13.1 Å². The molecule has 1 atom stereocenters. The van der Waals surface area contributed by atoms with Crippen molar-refractivity contribution < 1.29 is 18.0 Å². The van der Waals surface area contributed by atoms with Crippen LogP contribution < -0.4 is 9.62 Å². The molecule has 0 saturated heterocycles. The van der Waals surface area contributed by atoms with E-state index in [0.29, 0.717) is 18.7 Å². The number of rotatable bonds is 13. The summed E-state index contributed by atoms with van der Waals surface area (Å²) >= 11 is 0. The Morgan fingerprint density at radius 1 is 0.872 bits per heavy atom. The third kappa shape index (κ3) is 7.93. The maximum atomic E-state index is 14.1. The van der Waals surface area contributed by atoms with Gasteiger partial charge in [0.05, 0.1) is 10.6 Å². The molecule has 0 aliphatic carbocycles. The fourth-order valence-corrected chi connectivity index (χ4v) is 5.97. The zero-order chi connectivity index (χ0) is 28.4. The summed E-state index contributed by atoms with van der Waals surface area (Å²) in [5, 5.41) is 2.95. The van der Waals surface area contributed by atoms with Crippen molar-refractivity contribution in [2.75, 3.05) is 17.4 Å². The molecule has 0 spiro atoms. The van der Waals surface area contributed by atoms with Crippen molar-refractivity contribution in [3.63, 3.8) is 0 Å². The van der Waals surface area contributed by atoms with E-state index in [1.54, 1.807) is 30.3 Å². The summed E-state index contributed by atoms with van der Waals surface area (Å²) in [7, 11) is -4.07. The van der Waals surface area contributed by atoms with Gasteiger partial charge in [-0.1, -0.05) is 74.9 Å². The molecule has 8 heteroatoms. The Kier molecular flexibility index (Phi) is 10.7. The fraction of sp³-hybridized carbons (Fsp3) is 0.355. The smallest absolute Gasteiger partial charge is 0.264 e. The van der Waals surface area contributed by atoms with Gasteiger partial charge >= 0.3 is 0 Å². The van der Waals surface area contributed by atoms with E-state index in [1.165, 1.54) is 17.0 Å². The lowest BCUT2D eigenvalue weighted by molar-refractivity contribution is -0.140. The SMILES string of the molecule is CCCCNC(=O)[C@@H](CC)N(Cc1ccccc1)C(=O)CN(c1cc(C)cc(C)c1)S(=O)(=O)c1ccccc1. The molecule has 2 amide bonds. The highest BCUT2D eigenvalue weighted by Gasteiger charge is 2.33. The summed E-state index contributed by atoms with van der Waals surface area (Å²) in [6.07, 6.45) is 2.17. The van der Waals surface area contributed by atoms with E-state index in [4.69, 9.17) is 0 Å². The molecule has 0 aliphatic rings. The standard InChI is InChI=1S/C31H39N3O4S/c1-5-7-18-32-31(36)29(6-2)33(22-26-14-10-8-11-15-26)30(35)23-34(27-20-24(3)19-25(4)21-27)39(37,38)28-16-12-9-13-17-28/h8-17,19-21,29H,5-7,18,22-23H2,1-4H3,(H,32,36)/t29-/m1/s1. The van der Waals surface area contributed by atoms with E-state index < -0.39 is 28.5 Å². The molecule has 39 heavy (non-hydrogen) atoms. The van der Waals surface area contributed by atoms with Crippen molar-refractivity contribution >= 4 is 27.5 Å². The van der Waals surface area contributed by atoms with Gasteiger partial charge in [0.2, 0.25) is 11.8 Å². The Morgan fingerprint density at radius 2 is 1.46 bits per heavy atom. The number of amides is 2. The third-order valence-electron chi connectivity index (χ3n) is 6.52. The monoisotopic (exact) mass is 549 g/mol. The maximum Gasteiger partial charge on any atom is 0.264 e. The van der Waals surface area contributed by atoms with Crippen LogP contribution in [-0.4, -0.2) is 44.3 Å². The van der Waals surface area contributed by atoms with Gasteiger partial charge in [-0.2, -0.15) is 0 Å². The number of aryl methyl sites for hydroxylation is 2. The fourth-order valence-electron chi connectivity index (χ4n) is 4.55. The van der Waals surface area contributed by atoms with Crippen molar-refractivity contribution in [3.05, 3.63) is 95.6 Å². The van der Waals surface area contributed by atoms with Crippen molar-refractivity contribution in [1.82, 2.24) is 10.2 Å². The van der Waals surface area contributed by atoms with Gasteiger partial charge in [-0.25, -0.2) is 8.42 Å². The number of hydrogen-bond donors (Lipinski definition) is 1. The zero-order valence-electron chi connectivity index (χ0n) is 23.3. The van der Waals surface area contributed by atoms with Crippen LogP contribution in [0.4, 0.5) is 5.69 Å². The predicted octanol–water partition coefficient (Wildman–Crippen LogP) is 5.22. The molecule has 0 unspecified atom stereocenters. The molecule has 3 rings (SSSR count). The lowest BCUT2D eigenvalue weighted by Crippen LogP contribution is -2.52. The van der Waals surface area contributed by atoms with Crippen LogP contribution in [0, 0.1) is 13.8 Å². The third-order valence-corrected chi connectivity index (χ3v) is 8.30. The second kappa shape index (κ2) is 13.9. The summed E-state index contributed by atoms with van der Waals surface area (Å²) in [5.41, 5.74) is 3.03. The minimum atomic E-state index is -4.07. The van der Waals surface area contributed by atoms with E-state index in [1.807, 2.05) is 64.1 Å². The number of carbonyl (C=O) groups is 2. The molecule has 3 aromatic rings. The lowest BCUT2D eigenvalue weighted by atomic mass is 10.1. The normalized spacial score (nSPS) is 12.0. The van der Waals surface area contributed by atoms with E-state index in [0.717, 1.165) is 33.8 Å². The average molecular weight is 550 g/mol. The highest BCUT2D eigenvalue weighted by molar-refractivity contribution is 7.92. The summed E-state index contributed by atoms with van der Waals surface area (Å²) < 4.78 is 28.9. The topological polar surface area (TPSA) is 86.8 Å². The van der Waals surface area contributed by atoms with Crippen LogP contribution in [0.2, 0.25) is 0 Å². The first kappa shape index (κ1) is 29.9. The number of hydrogen-bond acceptors (Lipinski definition) is 4. The molecular formula is C31H39N3O4S. The first-order chi connectivity index (χ1) is 18.7. The maximum absolute atomic E-state index is 14.1. The number of carbonyl (C=O) groups excluding carboxylic acids is 2. The minimum absolute atomic E-state index is 0.0934. The first-order valence-corrected chi connectivity index (χ1v) is 14.9. The number of anilines is 1. The molecule has 0 radical (unpaired) electrons. The van der Waals surface area contributed by atoms with Gasteiger partial charge in [0.1, 0.15) is 12.6 Å². The summed E-state index contributed by atoms with van der Waals surface area (Å²) in [4.78, 5) is 28.9. The van der Waals surface area contributed by atoms with Crippen LogP contribution in [0.25, 0.3) is 0 Å². The molecule has 0 fully saturated rings. The van der Waals surface area contributed by atoms with Crippen LogP contribution in [0.3, 0.4) is 0 Å². The number of benzene rings is 3. The highest BCUT2D eigenvalue weighted by Crippen LogP contribution is 2.27. The molecule has 3 aromatic carbocycles. The van der Waals surface area contributed by atoms with E-state index in [9.17, 15) is 18.0 Å². The van der Waals surface area contributed by atoms with Gasteiger partial charge in [-0.15, -0.1) is 0 Å². The second-order valence-corrected chi connectivity index (χ2v) is 11.6. The van der Waals surface area contributed by atoms with Crippen LogP contribution >= 0.6 is 0 Å². The van der Waals surface area contributed by atoms with Crippen molar-refractivity contribution in [1.29, 1.82) is 0 Å². The Hall–Kier alpha value is -3.65. The second-order valence-electron chi connectivity index (χ2n) is 9.75. The van der Waals surface area contributed by atoms with Gasteiger partial charge in [0.15, 0.2) is 0 Å². The van der Waals surface area contributed by atoms with E-state index >= 15 is 0 Å². The summed E-state index contributed by atoms with van der Waals surface area (Å²) in [6, 6.07) is 22.3. The number of nitrogens with zero attached hydrogens (tertiary/aromatic N) is 2. The highest BCUT2D eigenvalue weighted by atomic mass is 32.2. The molecular weight excluding hydrogens is 510 g/mol. The van der Waals surface area contributed by atoms with Crippen LogP contribution in [-0.2, 0) is 26.2 Å². The Balaban J connectivity index is 2.04. The largest absolute Gasteiger partial charge is 0.354 e. The minimum Gasteiger partial charge on any atom is -0.354 e. The predicted molar refractivity (Wildman–Crippen MR) is 156 cm³/mol. The molecule has 0 saturated carbocycles. The number of nitrogens with one attached hydrogen (secondary N) is 1. The van der Waals surface area contributed by atoms with E-state index in [2.05, 4.69) is 5.32 Å². The molecule has 0 aromatic heterocycles. The van der Waals surface area contributed by atoms with Gasteiger partial charge in [-0.3, -0.25) is 13.9 Å². The summed E-state index contributed by atoms with van der Waals surface area (Å²) in [6.45, 7) is 7.96. The summed E-state index contributed by atoms with van der Waals surface area (Å²) in [5.74, 6) is -0.686. The van der Waals surface area contributed by atoms with Gasteiger partial charge < -0.3 is 10.2 Å². The number of unbranched alkanes of at least 4 members (excludes halogenated alkanes) is 1.